The number of rotatable bonds is 5. The molecule has 0 spiro atoms. The largest absolute Gasteiger partial charge is 0.495 e. The molecule has 0 atom stereocenters. The molecule has 2 heterocycles. The topological polar surface area (TPSA) is 76.5 Å². The van der Waals surface area contributed by atoms with Crippen molar-refractivity contribution in [1.82, 2.24) is 14.3 Å². The number of aryl methyl sites for hydroxylation is 1. The molecule has 148 valence electrons. The maximum atomic E-state index is 13.6. The van der Waals surface area contributed by atoms with Crippen LogP contribution in [0, 0.1) is 0 Å². The van der Waals surface area contributed by atoms with Crippen LogP contribution in [0.4, 0.5) is 5.69 Å². The molecule has 2 aromatic carbocycles. The lowest BCUT2D eigenvalue weighted by atomic mass is 10.2. The quantitative estimate of drug-likeness (QED) is 0.708. The average Bonchev–Trinajstić information content (AvgIpc) is 3.13. The Hall–Kier alpha value is -2.58. The third-order valence-electron chi connectivity index (χ3n) is 5.05. The molecule has 1 aliphatic rings. The summed E-state index contributed by atoms with van der Waals surface area (Å²) in [5.41, 5.74) is 2.07. The number of methoxy groups -OCH3 is 1. The van der Waals surface area contributed by atoms with Crippen LogP contribution in [0.15, 0.2) is 47.4 Å². The van der Waals surface area contributed by atoms with Crippen molar-refractivity contribution in [3.05, 3.63) is 48.3 Å². The molecule has 0 amide bonds. The summed E-state index contributed by atoms with van der Waals surface area (Å²) < 4.78 is 34.0. The summed E-state index contributed by atoms with van der Waals surface area (Å²) in [5, 5.41) is 3.31. The van der Waals surface area contributed by atoms with Crippen molar-refractivity contribution in [2.75, 3.05) is 38.2 Å². The summed E-state index contributed by atoms with van der Waals surface area (Å²) >= 11 is 0. The molecule has 1 fully saturated rings. The van der Waals surface area contributed by atoms with Gasteiger partial charge in [-0.15, -0.1) is 0 Å². The standard InChI is InChI=1S/C20H24N4O3S/c1-3-20-22-16-6-4-5-7-17(16)24(20)28(25,26)15-8-9-19(27-2)18(14-15)23-12-10-21-11-13-23/h4-9,14,21H,3,10-13H2,1-2H3. The molecule has 28 heavy (non-hydrogen) atoms. The van der Waals surface area contributed by atoms with Gasteiger partial charge >= 0.3 is 0 Å². The second-order valence-electron chi connectivity index (χ2n) is 6.71. The van der Waals surface area contributed by atoms with E-state index < -0.39 is 10.0 Å². The summed E-state index contributed by atoms with van der Waals surface area (Å²) in [6, 6.07) is 12.4. The first-order valence-electron chi connectivity index (χ1n) is 9.42. The third kappa shape index (κ3) is 3.12. The number of hydrogen-bond acceptors (Lipinski definition) is 6. The van der Waals surface area contributed by atoms with E-state index in [4.69, 9.17) is 4.74 Å². The molecule has 1 aliphatic heterocycles. The van der Waals surface area contributed by atoms with Gasteiger partial charge in [-0.2, -0.15) is 0 Å². The first-order chi connectivity index (χ1) is 13.6. The summed E-state index contributed by atoms with van der Waals surface area (Å²) in [6.07, 6.45) is 0.523. The molecule has 1 saturated heterocycles. The van der Waals surface area contributed by atoms with E-state index in [0.717, 1.165) is 31.9 Å². The number of nitrogens with one attached hydrogen (secondary N) is 1. The number of para-hydroxylation sites is 2. The van der Waals surface area contributed by atoms with Gasteiger partial charge in [-0.05, 0) is 30.3 Å². The lowest BCUT2D eigenvalue weighted by molar-refractivity contribution is 0.412. The number of anilines is 1. The molecule has 4 rings (SSSR count). The molecule has 1 aromatic heterocycles. The van der Waals surface area contributed by atoms with E-state index in [1.807, 2.05) is 25.1 Å². The predicted octanol–water partition coefficient (Wildman–Crippen LogP) is 2.25. The summed E-state index contributed by atoms with van der Waals surface area (Å²) in [6.45, 7) is 5.22. The van der Waals surface area contributed by atoms with Crippen LogP contribution >= 0.6 is 0 Å². The Labute approximate surface area is 165 Å². The zero-order chi connectivity index (χ0) is 19.7. The van der Waals surface area contributed by atoms with Gasteiger partial charge in [0.2, 0.25) is 0 Å². The van der Waals surface area contributed by atoms with Crippen molar-refractivity contribution in [2.24, 2.45) is 0 Å². The highest BCUT2D eigenvalue weighted by atomic mass is 32.2. The van der Waals surface area contributed by atoms with Crippen molar-refractivity contribution in [3.8, 4) is 5.75 Å². The van der Waals surface area contributed by atoms with Gasteiger partial charge in [0.15, 0.2) is 0 Å². The Kier molecular flexibility index (Phi) is 4.99. The van der Waals surface area contributed by atoms with Crippen LogP contribution < -0.4 is 15.0 Å². The number of ether oxygens (including phenoxy) is 1. The van der Waals surface area contributed by atoms with Crippen LogP contribution in [0.25, 0.3) is 11.0 Å². The molecular formula is C20H24N4O3S. The first kappa shape index (κ1) is 18.8. The average molecular weight is 401 g/mol. The normalized spacial score (nSPS) is 15.1. The van der Waals surface area contributed by atoms with Crippen LogP contribution in [0.2, 0.25) is 0 Å². The van der Waals surface area contributed by atoms with Crippen LogP contribution in [-0.2, 0) is 16.4 Å². The molecule has 0 radical (unpaired) electrons. The van der Waals surface area contributed by atoms with E-state index in [-0.39, 0.29) is 4.90 Å². The minimum atomic E-state index is -3.79. The van der Waals surface area contributed by atoms with Gasteiger partial charge in [-0.1, -0.05) is 19.1 Å². The molecule has 0 bridgehead atoms. The number of benzene rings is 2. The fourth-order valence-electron chi connectivity index (χ4n) is 3.63. The van der Waals surface area contributed by atoms with Gasteiger partial charge in [0.25, 0.3) is 10.0 Å². The lowest BCUT2D eigenvalue weighted by Crippen LogP contribution is -2.43. The number of hydrogen-bond donors (Lipinski definition) is 1. The van der Waals surface area contributed by atoms with Crippen molar-refractivity contribution in [1.29, 1.82) is 0 Å². The second kappa shape index (κ2) is 7.44. The molecule has 3 aromatic rings. The van der Waals surface area contributed by atoms with E-state index in [1.165, 1.54) is 3.97 Å². The minimum absolute atomic E-state index is 0.236. The van der Waals surface area contributed by atoms with Crippen LogP contribution in [0.3, 0.4) is 0 Å². The monoisotopic (exact) mass is 400 g/mol. The van der Waals surface area contributed by atoms with Gasteiger partial charge in [-0.3, -0.25) is 0 Å². The van der Waals surface area contributed by atoms with Crippen molar-refractivity contribution in [3.63, 3.8) is 0 Å². The molecule has 8 heteroatoms. The molecule has 7 nitrogen and oxygen atoms in total. The Morgan fingerprint density at radius 1 is 1.14 bits per heavy atom. The molecule has 1 N–H and O–H groups in total. The first-order valence-corrected chi connectivity index (χ1v) is 10.9. The summed E-state index contributed by atoms with van der Waals surface area (Å²) in [5.74, 6) is 1.20. The van der Waals surface area contributed by atoms with E-state index in [9.17, 15) is 8.42 Å². The highest BCUT2D eigenvalue weighted by Crippen LogP contribution is 2.33. The van der Waals surface area contributed by atoms with E-state index >= 15 is 0 Å². The van der Waals surface area contributed by atoms with E-state index in [0.29, 0.717) is 29.0 Å². The maximum absolute atomic E-state index is 13.6. The lowest BCUT2D eigenvalue weighted by Gasteiger charge is -2.30. The fourth-order valence-corrected chi connectivity index (χ4v) is 5.21. The van der Waals surface area contributed by atoms with Crippen LogP contribution in [-0.4, -0.2) is 50.7 Å². The third-order valence-corrected chi connectivity index (χ3v) is 6.78. The van der Waals surface area contributed by atoms with Gasteiger partial charge in [0.1, 0.15) is 11.6 Å². The van der Waals surface area contributed by atoms with E-state index in [2.05, 4.69) is 15.2 Å². The fraction of sp³-hybridized carbons (Fsp3) is 0.350. The minimum Gasteiger partial charge on any atom is -0.495 e. The number of imidazole rings is 1. The Bertz CT molecular complexity index is 1100. The van der Waals surface area contributed by atoms with E-state index in [1.54, 1.807) is 31.4 Å². The summed E-state index contributed by atoms with van der Waals surface area (Å²) in [7, 11) is -2.19. The zero-order valence-corrected chi connectivity index (χ0v) is 16.9. The van der Waals surface area contributed by atoms with Crippen molar-refractivity contribution >= 4 is 26.7 Å². The van der Waals surface area contributed by atoms with Crippen LogP contribution in [0.1, 0.15) is 12.7 Å². The number of aromatic nitrogens is 2. The second-order valence-corrected chi connectivity index (χ2v) is 8.50. The zero-order valence-electron chi connectivity index (χ0n) is 16.1. The van der Waals surface area contributed by atoms with Crippen molar-refractivity contribution < 1.29 is 13.2 Å². The molecule has 0 unspecified atom stereocenters. The van der Waals surface area contributed by atoms with Crippen LogP contribution in [0.5, 0.6) is 5.75 Å². The van der Waals surface area contributed by atoms with Gasteiger partial charge < -0.3 is 15.0 Å². The van der Waals surface area contributed by atoms with Gasteiger partial charge in [0, 0.05) is 32.6 Å². The molecule has 0 aliphatic carbocycles. The number of nitrogens with zero attached hydrogens (tertiary/aromatic N) is 3. The molecule has 0 saturated carbocycles. The number of piperazine rings is 1. The van der Waals surface area contributed by atoms with Crippen molar-refractivity contribution in [2.45, 2.75) is 18.2 Å². The maximum Gasteiger partial charge on any atom is 0.269 e. The number of fused-ring (bicyclic) bond motifs is 1. The highest BCUT2D eigenvalue weighted by Gasteiger charge is 2.26. The smallest absolute Gasteiger partial charge is 0.269 e. The Balaban J connectivity index is 1.87. The Morgan fingerprint density at radius 3 is 2.61 bits per heavy atom. The van der Waals surface area contributed by atoms with Gasteiger partial charge in [0.05, 0.1) is 28.7 Å². The Morgan fingerprint density at radius 2 is 1.89 bits per heavy atom. The predicted molar refractivity (Wildman–Crippen MR) is 110 cm³/mol. The summed E-state index contributed by atoms with van der Waals surface area (Å²) in [4.78, 5) is 6.90. The highest BCUT2D eigenvalue weighted by molar-refractivity contribution is 7.90. The molecular weight excluding hydrogens is 376 g/mol. The SMILES string of the molecule is CCc1nc2ccccc2n1S(=O)(=O)c1ccc(OC)c(N2CCNCC2)c1. The van der Waals surface area contributed by atoms with Gasteiger partial charge in [-0.25, -0.2) is 17.4 Å².